The van der Waals surface area contributed by atoms with Gasteiger partial charge in [-0.15, -0.1) is 0 Å². The minimum atomic E-state index is 0.552. The van der Waals surface area contributed by atoms with Gasteiger partial charge in [0.25, 0.3) is 0 Å². The molecular formula is C22H23NO3. The van der Waals surface area contributed by atoms with Crippen molar-refractivity contribution in [3.05, 3.63) is 83.9 Å². The minimum Gasteiger partial charge on any atom is -0.497 e. The van der Waals surface area contributed by atoms with Crippen LogP contribution in [0.5, 0.6) is 17.2 Å². The molecule has 0 saturated heterocycles. The summed E-state index contributed by atoms with van der Waals surface area (Å²) in [6, 6.07) is 23.9. The van der Waals surface area contributed by atoms with E-state index in [1.54, 1.807) is 14.2 Å². The Morgan fingerprint density at radius 3 is 2.38 bits per heavy atom. The van der Waals surface area contributed by atoms with Gasteiger partial charge in [-0.2, -0.15) is 0 Å². The first-order chi connectivity index (χ1) is 12.8. The van der Waals surface area contributed by atoms with Crippen LogP contribution in [0.15, 0.2) is 72.8 Å². The van der Waals surface area contributed by atoms with Gasteiger partial charge in [0.15, 0.2) is 0 Å². The van der Waals surface area contributed by atoms with E-state index in [0.717, 1.165) is 34.1 Å². The molecule has 0 fully saturated rings. The number of nitrogens with one attached hydrogen (secondary N) is 1. The summed E-state index contributed by atoms with van der Waals surface area (Å²) in [5, 5.41) is 3.41. The van der Waals surface area contributed by atoms with Gasteiger partial charge in [-0.3, -0.25) is 0 Å². The quantitative estimate of drug-likeness (QED) is 0.628. The van der Waals surface area contributed by atoms with Crippen LogP contribution < -0.4 is 19.5 Å². The minimum absolute atomic E-state index is 0.552. The van der Waals surface area contributed by atoms with Gasteiger partial charge in [0.05, 0.1) is 14.2 Å². The average Bonchev–Trinajstić information content (AvgIpc) is 2.71. The van der Waals surface area contributed by atoms with Gasteiger partial charge in [-0.05, 0) is 29.8 Å². The summed E-state index contributed by atoms with van der Waals surface area (Å²) in [4.78, 5) is 0. The van der Waals surface area contributed by atoms with E-state index >= 15 is 0 Å². The van der Waals surface area contributed by atoms with Gasteiger partial charge >= 0.3 is 0 Å². The summed E-state index contributed by atoms with van der Waals surface area (Å²) >= 11 is 0. The van der Waals surface area contributed by atoms with Gasteiger partial charge in [0, 0.05) is 29.9 Å². The van der Waals surface area contributed by atoms with Crippen LogP contribution in [0.1, 0.15) is 11.1 Å². The number of hydrogen-bond donors (Lipinski definition) is 1. The van der Waals surface area contributed by atoms with E-state index in [1.165, 1.54) is 0 Å². The molecule has 0 aromatic heterocycles. The molecule has 4 heteroatoms. The number of hydrogen-bond acceptors (Lipinski definition) is 4. The van der Waals surface area contributed by atoms with E-state index in [4.69, 9.17) is 14.2 Å². The monoisotopic (exact) mass is 349 g/mol. The van der Waals surface area contributed by atoms with E-state index in [9.17, 15) is 0 Å². The lowest BCUT2D eigenvalue weighted by molar-refractivity contribution is 0.306. The maximum absolute atomic E-state index is 5.88. The lowest BCUT2D eigenvalue weighted by atomic mass is 10.2. The molecule has 0 atom stereocenters. The third-order valence-corrected chi connectivity index (χ3v) is 4.06. The number of ether oxygens (including phenoxy) is 3. The van der Waals surface area contributed by atoms with Crippen molar-refractivity contribution in [2.24, 2.45) is 0 Å². The SMILES string of the molecule is COc1ccc(CNc2cccc(OCc3ccccc3)c2)c(OC)c1. The Balaban J connectivity index is 1.62. The van der Waals surface area contributed by atoms with Crippen LogP contribution in [0.3, 0.4) is 0 Å². The first kappa shape index (κ1) is 17.7. The molecule has 0 heterocycles. The van der Waals surface area contributed by atoms with Crippen LogP contribution in [0.25, 0.3) is 0 Å². The molecule has 0 aliphatic carbocycles. The molecule has 0 bridgehead atoms. The highest BCUT2D eigenvalue weighted by molar-refractivity contribution is 5.50. The normalized spacial score (nSPS) is 10.2. The summed E-state index contributed by atoms with van der Waals surface area (Å²) in [6.07, 6.45) is 0. The highest BCUT2D eigenvalue weighted by atomic mass is 16.5. The van der Waals surface area contributed by atoms with Gasteiger partial charge in [-0.25, -0.2) is 0 Å². The van der Waals surface area contributed by atoms with Gasteiger partial charge in [-0.1, -0.05) is 36.4 Å². The maximum Gasteiger partial charge on any atom is 0.127 e. The molecule has 0 unspecified atom stereocenters. The van der Waals surface area contributed by atoms with Crippen LogP contribution in [0.4, 0.5) is 5.69 Å². The van der Waals surface area contributed by atoms with E-state index in [0.29, 0.717) is 13.2 Å². The Labute approximate surface area is 154 Å². The van der Waals surface area contributed by atoms with Crippen LogP contribution in [-0.4, -0.2) is 14.2 Å². The second-order valence-electron chi connectivity index (χ2n) is 5.83. The zero-order chi connectivity index (χ0) is 18.2. The fraction of sp³-hybridized carbons (Fsp3) is 0.182. The lowest BCUT2D eigenvalue weighted by Gasteiger charge is -2.13. The Morgan fingerprint density at radius 2 is 1.62 bits per heavy atom. The van der Waals surface area contributed by atoms with Crippen LogP contribution >= 0.6 is 0 Å². The average molecular weight is 349 g/mol. The third-order valence-electron chi connectivity index (χ3n) is 4.06. The van der Waals surface area contributed by atoms with E-state index < -0.39 is 0 Å². The molecule has 0 radical (unpaired) electrons. The standard InChI is InChI=1S/C22H23NO3/c1-24-20-12-11-18(22(14-20)25-2)15-23-19-9-6-10-21(13-19)26-16-17-7-4-3-5-8-17/h3-14,23H,15-16H2,1-2H3. The second-order valence-corrected chi connectivity index (χ2v) is 5.83. The summed E-state index contributed by atoms with van der Waals surface area (Å²) in [7, 11) is 3.31. The zero-order valence-corrected chi connectivity index (χ0v) is 15.1. The summed E-state index contributed by atoms with van der Waals surface area (Å²) < 4.78 is 16.6. The van der Waals surface area contributed by atoms with Gasteiger partial charge in [0.1, 0.15) is 23.9 Å². The van der Waals surface area contributed by atoms with Crippen molar-refractivity contribution in [2.45, 2.75) is 13.2 Å². The predicted octanol–water partition coefficient (Wildman–Crippen LogP) is 4.89. The van der Waals surface area contributed by atoms with Crippen molar-refractivity contribution in [3.63, 3.8) is 0 Å². The molecule has 134 valence electrons. The van der Waals surface area contributed by atoms with E-state index in [-0.39, 0.29) is 0 Å². The summed E-state index contributed by atoms with van der Waals surface area (Å²) in [5.41, 5.74) is 3.20. The van der Waals surface area contributed by atoms with Crippen molar-refractivity contribution in [3.8, 4) is 17.2 Å². The summed E-state index contributed by atoms with van der Waals surface area (Å²) in [6.45, 7) is 1.20. The lowest BCUT2D eigenvalue weighted by Crippen LogP contribution is -2.02. The summed E-state index contributed by atoms with van der Waals surface area (Å²) in [5.74, 6) is 2.41. The Bertz CT molecular complexity index is 834. The number of rotatable bonds is 8. The topological polar surface area (TPSA) is 39.7 Å². The number of methoxy groups -OCH3 is 2. The zero-order valence-electron chi connectivity index (χ0n) is 15.1. The molecule has 0 aliphatic heterocycles. The van der Waals surface area contributed by atoms with Crippen LogP contribution in [0, 0.1) is 0 Å². The molecule has 0 aliphatic rings. The molecule has 3 aromatic carbocycles. The van der Waals surface area contributed by atoms with Crippen molar-refractivity contribution in [2.75, 3.05) is 19.5 Å². The first-order valence-corrected chi connectivity index (χ1v) is 8.50. The van der Waals surface area contributed by atoms with Crippen molar-refractivity contribution in [1.82, 2.24) is 0 Å². The van der Waals surface area contributed by atoms with Crippen LogP contribution in [0.2, 0.25) is 0 Å². The Hall–Kier alpha value is -3.14. The van der Waals surface area contributed by atoms with Gasteiger partial charge in [0.2, 0.25) is 0 Å². The molecule has 1 N–H and O–H groups in total. The molecule has 26 heavy (non-hydrogen) atoms. The highest BCUT2D eigenvalue weighted by Crippen LogP contribution is 2.26. The molecule has 0 saturated carbocycles. The largest absolute Gasteiger partial charge is 0.497 e. The Morgan fingerprint density at radius 1 is 0.769 bits per heavy atom. The van der Waals surface area contributed by atoms with Crippen LogP contribution in [-0.2, 0) is 13.2 Å². The fourth-order valence-electron chi connectivity index (χ4n) is 2.63. The van der Waals surface area contributed by atoms with Gasteiger partial charge < -0.3 is 19.5 Å². The molecule has 3 rings (SSSR count). The number of benzene rings is 3. The van der Waals surface area contributed by atoms with Crippen molar-refractivity contribution < 1.29 is 14.2 Å². The fourth-order valence-corrected chi connectivity index (χ4v) is 2.63. The maximum atomic E-state index is 5.88. The molecule has 4 nitrogen and oxygen atoms in total. The molecule has 3 aromatic rings. The smallest absolute Gasteiger partial charge is 0.127 e. The van der Waals surface area contributed by atoms with Crippen molar-refractivity contribution >= 4 is 5.69 Å². The van der Waals surface area contributed by atoms with E-state index in [1.807, 2.05) is 60.7 Å². The predicted molar refractivity (Wildman–Crippen MR) is 104 cm³/mol. The van der Waals surface area contributed by atoms with E-state index in [2.05, 4.69) is 17.4 Å². The second kappa shape index (κ2) is 8.81. The Kier molecular flexibility index (Phi) is 5.99. The highest BCUT2D eigenvalue weighted by Gasteiger charge is 2.05. The number of anilines is 1. The molecular weight excluding hydrogens is 326 g/mol. The third kappa shape index (κ3) is 4.70. The molecule has 0 amide bonds. The van der Waals surface area contributed by atoms with Crippen molar-refractivity contribution in [1.29, 1.82) is 0 Å². The molecule has 0 spiro atoms. The first-order valence-electron chi connectivity index (χ1n) is 8.50.